The molecule has 1 heterocycles. The van der Waals surface area contributed by atoms with Crippen molar-refractivity contribution in [1.29, 1.82) is 0 Å². The summed E-state index contributed by atoms with van der Waals surface area (Å²) in [6.45, 7) is 0.633. The molecule has 2 rings (SSSR count). The molecule has 0 aliphatic heterocycles. The van der Waals surface area contributed by atoms with Gasteiger partial charge in [-0.2, -0.15) is 0 Å². The van der Waals surface area contributed by atoms with Crippen molar-refractivity contribution in [3.8, 4) is 0 Å². The van der Waals surface area contributed by atoms with Crippen molar-refractivity contribution in [2.75, 3.05) is 5.73 Å². The van der Waals surface area contributed by atoms with E-state index >= 15 is 0 Å². The topological polar surface area (TPSA) is 60.9 Å². The summed E-state index contributed by atoms with van der Waals surface area (Å²) >= 11 is 0. The summed E-state index contributed by atoms with van der Waals surface area (Å²) in [4.78, 5) is 14.5. The summed E-state index contributed by atoms with van der Waals surface area (Å²) in [6.07, 6.45) is 4.14. The van der Waals surface area contributed by atoms with Gasteiger partial charge < -0.3 is 10.3 Å². The van der Waals surface area contributed by atoms with Gasteiger partial charge in [0.25, 0.3) is 0 Å². The average Bonchev–Trinajstić information content (AvgIpc) is 2.69. The van der Waals surface area contributed by atoms with E-state index in [1.54, 1.807) is 17.0 Å². The van der Waals surface area contributed by atoms with E-state index in [0.29, 0.717) is 12.4 Å². The van der Waals surface area contributed by atoms with Crippen molar-refractivity contribution in [2.24, 2.45) is 0 Å². The molecule has 15 heavy (non-hydrogen) atoms. The Morgan fingerprint density at radius 3 is 2.73 bits per heavy atom. The van der Waals surface area contributed by atoms with Gasteiger partial charge in [0.05, 0.1) is 0 Å². The lowest BCUT2D eigenvalue weighted by atomic mass is 10.2. The van der Waals surface area contributed by atoms with E-state index in [2.05, 4.69) is 4.98 Å². The van der Waals surface area contributed by atoms with Crippen molar-refractivity contribution < 1.29 is 4.79 Å². The highest BCUT2D eigenvalue weighted by atomic mass is 16.1. The minimum absolute atomic E-state index is 0.437. The van der Waals surface area contributed by atoms with Crippen LogP contribution in [0.4, 0.5) is 5.69 Å². The number of rotatable bonds is 3. The summed E-state index contributed by atoms with van der Waals surface area (Å²) in [7, 11) is 0. The molecule has 1 aromatic carbocycles. The summed E-state index contributed by atoms with van der Waals surface area (Å²) in [5, 5.41) is 0. The number of anilines is 1. The third-order valence-corrected chi connectivity index (χ3v) is 2.19. The molecule has 4 heteroatoms. The Hall–Kier alpha value is -2.10. The van der Waals surface area contributed by atoms with Crippen LogP contribution in [-0.4, -0.2) is 15.8 Å². The molecule has 0 radical (unpaired) electrons. The Morgan fingerprint density at radius 1 is 1.33 bits per heavy atom. The van der Waals surface area contributed by atoms with E-state index in [0.717, 1.165) is 17.5 Å². The molecule has 76 valence electrons. The molecular weight excluding hydrogens is 190 g/mol. The van der Waals surface area contributed by atoms with Gasteiger partial charge in [-0.25, -0.2) is 4.98 Å². The number of benzene rings is 1. The van der Waals surface area contributed by atoms with E-state index in [4.69, 9.17) is 5.73 Å². The largest absolute Gasteiger partial charge is 0.399 e. The number of nitrogen functional groups attached to an aromatic ring is 1. The number of hydrogen-bond donors (Lipinski definition) is 1. The summed E-state index contributed by atoms with van der Waals surface area (Å²) in [5.74, 6) is 0.437. The zero-order chi connectivity index (χ0) is 10.7. The molecule has 2 aromatic rings. The molecule has 0 unspecified atom stereocenters. The molecule has 0 aliphatic carbocycles. The predicted octanol–water partition coefficient (Wildman–Crippen LogP) is 1.33. The van der Waals surface area contributed by atoms with Crippen molar-refractivity contribution in [1.82, 2.24) is 9.55 Å². The Balaban J connectivity index is 2.21. The first-order valence-electron chi connectivity index (χ1n) is 4.60. The molecule has 0 fully saturated rings. The van der Waals surface area contributed by atoms with E-state index in [-0.39, 0.29) is 0 Å². The summed E-state index contributed by atoms with van der Waals surface area (Å²) in [6, 6.07) is 7.55. The molecule has 0 bridgehead atoms. The van der Waals surface area contributed by atoms with Crippen LogP contribution in [0.5, 0.6) is 0 Å². The fraction of sp³-hybridized carbons (Fsp3) is 0.0909. The van der Waals surface area contributed by atoms with Gasteiger partial charge in [-0.3, -0.25) is 4.79 Å². The maximum atomic E-state index is 10.6. The standard InChI is InChI=1S/C11H11N3O/c12-10-3-1-9(2-4-10)7-14-6-5-13-11(14)8-15/h1-6,8H,7,12H2. The first-order valence-corrected chi connectivity index (χ1v) is 4.60. The van der Waals surface area contributed by atoms with Crippen LogP contribution in [0.3, 0.4) is 0 Å². The fourth-order valence-corrected chi connectivity index (χ4v) is 1.39. The maximum absolute atomic E-state index is 10.6. The molecule has 2 N–H and O–H groups in total. The fourth-order valence-electron chi connectivity index (χ4n) is 1.39. The monoisotopic (exact) mass is 201 g/mol. The number of nitrogens with zero attached hydrogens (tertiary/aromatic N) is 2. The molecule has 0 atom stereocenters. The highest BCUT2D eigenvalue weighted by Gasteiger charge is 2.01. The zero-order valence-electron chi connectivity index (χ0n) is 8.13. The highest BCUT2D eigenvalue weighted by Crippen LogP contribution is 2.08. The van der Waals surface area contributed by atoms with Gasteiger partial charge in [-0.15, -0.1) is 0 Å². The summed E-state index contributed by atoms with van der Waals surface area (Å²) < 4.78 is 1.79. The van der Waals surface area contributed by atoms with Crippen LogP contribution in [0, 0.1) is 0 Å². The number of carbonyl (C=O) groups excluding carboxylic acids is 1. The van der Waals surface area contributed by atoms with E-state index < -0.39 is 0 Å². The number of hydrogen-bond acceptors (Lipinski definition) is 3. The molecule has 0 aliphatic rings. The normalized spacial score (nSPS) is 10.1. The van der Waals surface area contributed by atoms with Crippen LogP contribution in [0.1, 0.15) is 16.2 Å². The van der Waals surface area contributed by atoms with Gasteiger partial charge in [0.15, 0.2) is 12.1 Å². The molecular formula is C11H11N3O. The van der Waals surface area contributed by atoms with Crippen molar-refractivity contribution in [3.05, 3.63) is 48.0 Å². The van der Waals surface area contributed by atoms with Crippen LogP contribution in [0.2, 0.25) is 0 Å². The van der Waals surface area contributed by atoms with Gasteiger partial charge in [0.2, 0.25) is 0 Å². The third kappa shape index (κ3) is 2.04. The van der Waals surface area contributed by atoms with Crippen LogP contribution < -0.4 is 5.73 Å². The van der Waals surface area contributed by atoms with E-state index in [1.165, 1.54) is 0 Å². The first-order chi connectivity index (χ1) is 7.29. The van der Waals surface area contributed by atoms with Crippen LogP contribution in [-0.2, 0) is 6.54 Å². The number of nitrogens with two attached hydrogens (primary N) is 1. The second-order valence-electron chi connectivity index (χ2n) is 3.27. The third-order valence-electron chi connectivity index (χ3n) is 2.19. The Bertz CT molecular complexity index is 459. The number of aldehydes is 1. The number of imidazole rings is 1. The number of aromatic nitrogens is 2. The van der Waals surface area contributed by atoms with Crippen molar-refractivity contribution in [2.45, 2.75) is 6.54 Å². The summed E-state index contributed by atoms with van der Waals surface area (Å²) in [5.41, 5.74) is 7.41. The van der Waals surface area contributed by atoms with Gasteiger partial charge in [0, 0.05) is 24.6 Å². The Morgan fingerprint density at radius 2 is 2.07 bits per heavy atom. The van der Waals surface area contributed by atoms with Crippen LogP contribution >= 0.6 is 0 Å². The van der Waals surface area contributed by atoms with Crippen LogP contribution in [0.15, 0.2) is 36.7 Å². The van der Waals surface area contributed by atoms with E-state index in [1.807, 2.05) is 24.3 Å². The SMILES string of the molecule is Nc1ccc(Cn2ccnc2C=O)cc1. The van der Waals surface area contributed by atoms with Crippen molar-refractivity contribution in [3.63, 3.8) is 0 Å². The van der Waals surface area contributed by atoms with Gasteiger partial charge in [0.1, 0.15) is 0 Å². The molecule has 0 spiro atoms. The lowest BCUT2D eigenvalue weighted by Crippen LogP contribution is -2.03. The molecule has 0 saturated carbocycles. The van der Waals surface area contributed by atoms with Crippen LogP contribution in [0.25, 0.3) is 0 Å². The average molecular weight is 201 g/mol. The lowest BCUT2D eigenvalue weighted by Gasteiger charge is -2.04. The molecule has 1 aromatic heterocycles. The second-order valence-corrected chi connectivity index (χ2v) is 3.27. The maximum Gasteiger partial charge on any atom is 0.185 e. The van der Waals surface area contributed by atoms with E-state index in [9.17, 15) is 4.79 Å². The van der Waals surface area contributed by atoms with Crippen molar-refractivity contribution >= 4 is 12.0 Å². The Kier molecular flexibility index (Phi) is 2.49. The lowest BCUT2D eigenvalue weighted by molar-refractivity contribution is 0.111. The minimum Gasteiger partial charge on any atom is -0.399 e. The zero-order valence-corrected chi connectivity index (χ0v) is 8.13. The number of carbonyl (C=O) groups is 1. The quantitative estimate of drug-likeness (QED) is 0.602. The molecule has 4 nitrogen and oxygen atoms in total. The van der Waals surface area contributed by atoms with Gasteiger partial charge in [-0.1, -0.05) is 12.1 Å². The van der Waals surface area contributed by atoms with Gasteiger partial charge in [-0.05, 0) is 17.7 Å². The predicted molar refractivity (Wildman–Crippen MR) is 57.6 cm³/mol. The smallest absolute Gasteiger partial charge is 0.185 e. The first kappa shape index (κ1) is 9.45. The second kappa shape index (κ2) is 3.96. The molecule has 0 saturated heterocycles. The highest BCUT2D eigenvalue weighted by molar-refractivity contribution is 5.69. The Labute approximate surface area is 87.4 Å². The molecule has 0 amide bonds. The minimum atomic E-state index is 0.437. The van der Waals surface area contributed by atoms with Gasteiger partial charge >= 0.3 is 0 Å².